The van der Waals surface area contributed by atoms with Gasteiger partial charge in [0.05, 0.1) is 19.8 Å². The van der Waals surface area contributed by atoms with Gasteiger partial charge in [0.15, 0.2) is 0 Å². The molecule has 0 aromatic rings. The van der Waals surface area contributed by atoms with E-state index in [-0.39, 0.29) is 6.10 Å². The third-order valence-corrected chi connectivity index (χ3v) is 3.79. The summed E-state index contributed by atoms with van der Waals surface area (Å²) in [6, 6.07) is 0. The number of ether oxygens (including phenoxy) is 1. The molecule has 0 amide bonds. The van der Waals surface area contributed by atoms with Gasteiger partial charge in [-0.25, -0.2) is 4.57 Å². The Morgan fingerprint density at radius 2 is 1.89 bits per heavy atom. The van der Waals surface area contributed by atoms with Crippen LogP contribution in [0, 0.1) is 11.6 Å². The monoisotopic (exact) mass is 288 g/mol. The van der Waals surface area contributed by atoms with Crippen molar-refractivity contribution in [1.29, 1.82) is 0 Å². The van der Waals surface area contributed by atoms with Crippen molar-refractivity contribution >= 4 is 7.60 Å². The van der Waals surface area contributed by atoms with Gasteiger partial charge in [-0.2, -0.15) is 0 Å². The van der Waals surface area contributed by atoms with Crippen LogP contribution in [0.15, 0.2) is 12.7 Å². The van der Waals surface area contributed by atoms with E-state index in [0.29, 0.717) is 19.8 Å². The maximum absolute atomic E-state index is 12.2. The molecule has 0 aliphatic carbocycles. The molecule has 0 saturated heterocycles. The van der Waals surface area contributed by atoms with Crippen molar-refractivity contribution in [3.63, 3.8) is 0 Å². The maximum atomic E-state index is 12.2. The molecule has 0 aromatic carbocycles. The Balaban J connectivity index is 4.71. The number of rotatable bonds is 10. The first-order valence-electron chi connectivity index (χ1n) is 6.76. The summed E-state index contributed by atoms with van der Waals surface area (Å²) >= 11 is 0. The summed E-state index contributed by atoms with van der Waals surface area (Å²) in [4.78, 5) is 0. The third kappa shape index (κ3) is 9.02. The lowest BCUT2D eigenvalue weighted by atomic mass is 10.2. The van der Waals surface area contributed by atoms with Crippen LogP contribution in [-0.4, -0.2) is 25.9 Å². The van der Waals surface area contributed by atoms with E-state index >= 15 is 0 Å². The van der Waals surface area contributed by atoms with Crippen molar-refractivity contribution in [1.82, 2.24) is 0 Å². The molecular formula is C14H25O4P. The molecule has 0 saturated carbocycles. The molecule has 0 rings (SSSR count). The van der Waals surface area contributed by atoms with Gasteiger partial charge < -0.3 is 4.74 Å². The lowest BCUT2D eigenvalue weighted by Gasteiger charge is -2.12. The summed E-state index contributed by atoms with van der Waals surface area (Å²) in [5.74, 6) is 2.87. The molecule has 0 heterocycles. The van der Waals surface area contributed by atoms with Crippen LogP contribution in [0.3, 0.4) is 0 Å². The van der Waals surface area contributed by atoms with Crippen LogP contribution in [0.25, 0.3) is 0 Å². The highest BCUT2D eigenvalue weighted by Gasteiger charge is 2.20. The molecule has 5 heteroatoms. The van der Waals surface area contributed by atoms with Crippen molar-refractivity contribution in [3.8, 4) is 11.6 Å². The van der Waals surface area contributed by atoms with Gasteiger partial charge in [-0.3, -0.25) is 9.05 Å². The minimum Gasteiger partial charge on any atom is -0.361 e. The third-order valence-electron chi connectivity index (χ3n) is 2.20. The second-order valence-electron chi connectivity index (χ2n) is 3.84. The molecule has 0 spiro atoms. The van der Waals surface area contributed by atoms with E-state index in [1.807, 2.05) is 0 Å². The molecule has 0 aliphatic rings. The van der Waals surface area contributed by atoms with Crippen LogP contribution in [0.2, 0.25) is 0 Å². The number of hydrogen-bond acceptors (Lipinski definition) is 4. The van der Waals surface area contributed by atoms with E-state index in [1.54, 1.807) is 19.9 Å². The van der Waals surface area contributed by atoms with Crippen molar-refractivity contribution in [2.24, 2.45) is 0 Å². The Kier molecular flexibility index (Phi) is 10.9. The predicted octanol–water partition coefficient (Wildman–Crippen LogP) is 3.97. The molecule has 0 aliphatic heterocycles. The van der Waals surface area contributed by atoms with Gasteiger partial charge in [-0.1, -0.05) is 31.8 Å². The highest BCUT2D eigenvalue weighted by Crippen LogP contribution is 2.46. The first-order chi connectivity index (χ1) is 9.11. The van der Waals surface area contributed by atoms with Crippen LogP contribution in [-0.2, 0) is 18.3 Å². The van der Waals surface area contributed by atoms with E-state index in [2.05, 4.69) is 25.1 Å². The van der Waals surface area contributed by atoms with Crippen molar-refractivity contribution in [2.45, 2.75) is 46.1 Å². The topological polar surface area (TPSA) is 44.8 Å². The lowest BCUT2D eigenvalue weighted by molar-refractivity contribution is 0.108. The average Bonchev–Trinajstić information content (AvgIpc) is 2.38. The SMILES string of the molecule is C=CCOC(C#CP(=O)(OCC)OCC)CCCC. The predicted molar refractivity (Wildman–Crippen MR) is 78.1 cm³/mol. The molecule has 0 bridgehead atoms. The summed E-state index contributed by atoms with van der Waals surface area (Å²) in [5, 5.41) is 0. The fraction of sp³-hybridized carbons (Fsp3) is 0.714. The molecule has 19 heavy (non-hydrogen) atoms. The molecule has 0 radical (unpaired) electrons. The Hall–Kier alpha value is -0.590. The molecule has 110 valence electrons. The number of hydrogen-bond donors (Lipinski definition) is 0. The zero-order valence-electron chi connectivity index (χ0n) is 12.2. The Morgan fingerprint density at radius 3 is 2.37 bits per heavy atom. The van der Waals surface area contributed by atoms with Gasteiger partial charge in [-0.05, 0) is 20.3 Å². The maximum Gasteiger partial charge on any atom is 0.405 e. The molecule has 4 nitrogen and oxygen atoms in total. The molecule has 1 atom stereocenters. The minimum absolute atomic E-state index is 0.257. The standard InChI is InChI=1S/C14H25O4P/c1-5-9-10-14(16-12-6-2)11-13-19(15,17-7-3)18-8-4/h6,14H,2,5,7-10,12H2,1,3-4H3. The second kappa shape index (κ2) is 11.3. The fourth-order valence-electron chi connectivity index (χ4n) is 1.36. The summed E-state index contributed by atoms with van der Waals surface area (Å²) in [6.45, 7) is 10.3. The van der Waals surface area contributed by atoms with E-state index in [4.69, 9.17) is 13.8 Å². The van der Waals surface area contributed by atoms with E-state index in [0.717, 1.165) is 19.3 Å². The van der Waals surface area contributed by atoms with E-state index in [1.165, 1.54) is 0 Å². The van der Waals surface area contributed by atoms with Crippen LogP contribution >= 0.6 is 7.60 Å². The van der Waals surface area contributed by atoms with Gasteiger partial charge in [0.25, 0.3) is 0 Å². The molecule has 1 unspecified atom stereocenters. The summed E-state index contributed by atoms with van der Waals surface area (Å²) in [7, 11) is -3.30. The van der Waals surface area contributed by atoms with Crippen LogP contribution in [0.4, 0.5) is 0 Å². The fourth-order valence-corrected chi connectivity index (χ4v) is 2.55. The highest BCUT2D eigenvalue weighted by molar-refractivity contribution is 7.59. The zero-order chi connectivity index (χ0) is 14.6. The zero-order valence-corrected chi connectivity index (χ0v) is 13.1. The van der Waals surface area contributed by atoms with Gasteiger partial charge in [0.2, 0.25) is 0 Å². The van der Waals surface area contributed by atoms with Crippen molar-refractivity contribution in [2.75, 3.05) is 19.8 Å². The van der Waals surface area contributed by atoms with Crippen LogP contribution in [0.1, 0.15) is 40.0 Å². The van der Waals surface area contributed by atoms with Crippen molar-refractivity contribution < 1.29 is 18.3 Å². The van der Waals surface area contributed by atoms with Crippen LogP contribution < -0.4 is 0 Å². The van der Waals surface area contributed by atoms with E-state index in [9.17, 15) is 4.57 Å². The molecule has 0 N–H and O–H groups in total. The Morgan fingerprint density at radius 1 is 1.26 bits per heavy atom. The number of unbranched alkanes of at least 4 members (excludes halogenated alkanes) is 1. The van der Waals surface area contributed by atoms with Gasteiger partial charge in [0, 0.05) is 5.66 Å². The van der Waals surface area contributed by atoms with Crippen LogP contribution in [0.5, 0.6) is 0 Å². The minimum atomic E-state index is -3.30. The molecular weight excluding hydrogens is 263 g/mol. The van der Waals surface area contributed by atoms with Gasteiger partial charge in [-0.15, -0.1) is 6.58 Å². The van der Waals surface area contributed by atoms with Gasteiger partial charge >= 0.3 is 7.60 Å². The normalized spacial score (nSPS) is 12.6. The average molecular weight is 288 g/mol. The smallest absolute Gasteiger partial charge is 0.361 e. The first-order valence-corrected chi connectivity index (χ1v) is 8.30. The quantitative estimate of drug-likeness (QED) is 0.346. The summed E-state index contributed by atoms with van der Waals surface area (Å²) in [5.41, 5.74) is 2.62. The molecule has 0 fully saturated rings. The highest BCUT2D eigenvalue weighted by atomic mass is 31.2. The Bertz CT molecular complexity index is 333. The second-order valence-corrected chi connectivity index (χ2v) is 5.58. The Labute approximate surface area is 117 Å². The van der Waals surface area contributed by atoms with Gasteiger partial charge in [0.1, 0.15) is 6.10 Å². The summed E-state index contributed by atoms with van der Waals surface area (Å²) in [6.07, 6.45) is 4.28. The summed E-state index contributed by atoms with van der Waals surface area (Å²) < 4.78 is 27.9. The first kappa shape index (κ1) is 18.4. The van der Waals surface area contributed by atoms with E-state index < -0.39 is 7.60 Å². The largest absolute Gasteiger partial charge is 0.405 e. The lowest BCUT2D eigenvalue weighted by Crippen LogP contribution is -2.10. The molecule has 0 aromatic heterocycles. The van der Waals surface area contributed by atoms with Crippen molar-refractivity contribution in [3.05, 3.63) is 12.7 Å².